The molecule has 1 aromatic carbocycles. The third kappa shape index (κ3) is 1.20. The number of imidazole rings is 1. The lowest BCUT2D eigenvalue weighted by molar-refractivity contribution is 0.0697. The molecule has 0 aliphatic heterocycles. The number of hydrogen-bond donors (Lipinski definition) is 3. The number of rotatable bonds is 1. The summed E-state index contributed by atoms with van der Waals surface area (Å²) in [5.41, 5.74) is 6.92. The van der Waals surface area contributed by atoms with E-state index >= 15 is 0 Å². The molecule has 0 spiro atoms. The predicted octanol–water partition coefficient (Wildman–Crippen LogP) is 0.843. The Morgan fingerprint density at radius 3 is 3.00 bits per heavy atom. The molecular weight excluding hydrogens is 170 g/mol. The Morgan fingerprint density at radius 1 is 1.54 bits per heavy atom. The van der Waals surface area contributed by atoms with Crippen molar-refractivity contribution in [2.45, 2.75) is 0 Å². The normalized spacial score (nSPS) is 10.5. The van der Waals surface area contributed by atoms with E-state index in [2.05, 4.69) is 9.97 Å². The highest BCUT2D eigenvalue weighted by Crippen LogP contribution is 2.14. The van der Waals surface area contributed by atoms with Crippen LogP contribution in [0.4, 0.5) is 5.95 Å². The largest absolute Gasteiger partial charge is 0.478 e. The van der Waals surface area contributed by atoms with E-state index in [4.69, 9.17) is 10.8 Å². The zero-order valence-corrected chi connectivity index (χ0v) is 6.61. The quantitative estimate of drug-likeness (QED) is 0.601. The molecule has 0 saturated carbocycles. The maximum absolute atomic E-state index is 10.6. The molecule has 5 nitrogen and oxygen atoms in total. The van der Waals surface area contributed by atoms with Gasteiger partial charge in [0.2, 0.25) is 0 Å². The number of H-pyrrole nitrogens is 1. The summed E-state index contributed by atoms with van der Waals surface area (Å²) in [5, 5.41) is 8.68. The van der Waals surface area contributed by atoms with Crippen molar-refractivity contribution in [1.29, 1.82) is 0 Å². The highest BCUT2D eigenvalue weighted by molar-refractivity contribution is 5.92. The Morgan fingerprint density at radius 2 is 2.31 bits per heavy atom. The molecule has 2 rings (SSSR count). The van der Waals surface area contributed by atoms with Crippen molar-refractivity contribution >= 4 is 23.0 Å². The second-order valence-corrected chi connectivity index (χ2v) is 2.66. The number of aromatic nitrogens is 2. The van der Waals surface area contributed by atoms with Crippen LogP contribution in [-0.2, 0) is 0 Å². The number of anilines is 1. The van der Waals surface area contributed by atoms with Gasteiger partial charge in [-0.05, 0) is 18.2 Å². The Balaban J connectivity index is 2.67. The van der Waals surface area contributed by atoms with Gasteiger partial charge in [0.15, 0.2) is 5.95 Å². The molecule has 0 unspecified atom stereocenters. The maximum atomic E-state index is 10.6. The number of carboxylic acids is 1. The number of carboxylic acid groups (broad SMARTS) is 1. The monoisotopic (exact) mass is 177 g/mol. The third-order valence-electron chi connectivity index (χ3n) is 1.75. The Kier molecular flexibility index (Phi) is 1.45. The number of nitrogens with zero attached hydrogens (tertiary/aromatic N) is 1. The molecule has 0 radical (unpaired) electrons. The lowest BCUT2D eigenvalue weighted by atomic mass is 10.2. The molecule has 1 aromatic heterocycles. The topological polar surface area (TPSA) is 92.0 Å². The maximum Gasteiger partial charge on any atom is 0.335 e. The predicted molar refractivity (Wildman–Crippen MR) is 47.5 cm³/mol. The number of fused-ring (bicyclic) bond motifs is 1. The SMILES string of the molecule is Nc1nc2cc(C(=O)O)ccc2[nH]1. The molecule has 0 bridgehead atoms. The standard InChI is InChI=1S/C8H7N3O2/c9-8-10-5-2-1-4(7(12)13)3-6(5)11-8/h1-3H,(H,12,13)(H3,9,10,11). The van der Waals surface area contributed by atoms with Crippen LogP contribution in [0.25, 0.3) is 11.0 Å². The first-order valence-electron chi connectivity index (χ1n) is 3.65. The number of aromatic carboxylic acids is 1. The molecule has 0 amide bonds. The summed E-state index contributed by atoms with van der Waals surface area (Å²) in [7, 11) is 0. The molecule has 5 heteroatoms. The van der Waals surface area contributed by atoms with Gasteiger partial charge in [-0.15, -0.1) is 0 Å². The molecule has 4 N–H and O–H groups in total. The van der Waals surface area contributed by atoms with Gasteiger partial charge in [0, 0.05) is 0 Å². The number of nitrogen functional groups attached to an aromatic ring is 1. The minimum absolute atomic E-state index is 0.207. The highest BCUT2D eigenvalue weighted by Gasteiger charge is 2.05. The van der Waals surface area contributed by atoms with Crippen LogP contribution in [-0.4, -0.2) is 21.0 Å². The van der Waals surface area contributed by atoms with Gasteiger partial charge in [-0.3, -0.25) is 0 Å². The molecule has 0 aliphatic rings. The van der Waals surface area contributed by atoms with Crippen molar-refractivity contribution in [3.05, 3.63) is 23.8 Å². The fourth-order valence-electron chi connectivity index (χ4n) is 1.16. The molecular formula is C8H7N3O2. The van der Waals surface area contributed by atoms with Crippen LogP contribution < -0.4 is 5.73 Å². The van der Waals surface area contributed by atoms with Crippen LogP contribution >= 0.6 is 0 Å². The van der Waals surface area contributed by atoms with Gasteiger partial charge in [-0.1, -0.05) is 0 Å². The second kappa shape index (κ2) is 2.48. The van der Waals surface area contributed by atoms with Gasteiger partial charge in [-0.25, -0.2) is 9.78 Å². The number of nitrogens with one attached hydrogen (secondary N) is 1. The number of aromatic amines is 1. The molecule has 0 fully saturated rings. The van der Waals surface area contributed by atoms with E-state index in [1.54, 1.807) is 6.07 Å². The molecule has 13 heavy (non-hydrogen) atoms. The molecule has 0 aliphatic carbocycles. The van der Waals surface area contributed by atoms with Crippen LogP contribution in [0.1, 0.15) is 10.4 Å². The average molecular weight is 177 g/mol. The van der Waals surface area contributed by atoms with Gasteiger partial charge in [0.25, 0.3) is 0 Å². The number of hydrogen-bond acceptors (Lipinski definition) is 3. The Hall–Kier alpha value is -2.04. The van der Waals surface area contributed by atoms with Crippen molar-refractivity contribution in [2.24, 2.45) is 0 Å². The van der Waals surface area contributed by atoms with Gasteiger partial charge in [0.05, 0.1) is 16.6 Å². The summed E-state index contributed by atoms with van der Waals surface area (Å²) in [6, 6.07) is 4.62. The molecule has 1 heterocycles. The fourth-order valence-corrected chi connectivity index (χ4v) is 1.16. The third-order valence-corrected chi connectivity index (χ3v) is 1.75. The Bertz CT molecular complexity index is 475. The number of carbonyl (C=O) groups is 1. The van der Waals surface area contributed by atoms with Crippen LogP contribution in [0.5, 0.6) is 0 Å². The Labute approximate surface area is 73.2 Å². The summed E-state index contributed by atoms with van der Waals surface area (Å²) in [4.78, 5) is 17.3. The highest BCUT2D eigenvalue weighted by atomic mass is 16.4. The number of benzene rings is 1. The van der Waals surface area contributed by atoms with Crippen LogP contribution in [0.15, 0.2) is 18.2 Å². The summed E-state index contributed by atoms with van der Waals surface area (Å²) in [6.45, 7) is 0. The summed E-state index contributed by atoms with van der Waals surface area (Å²) in [6.07, 6.45) is 0. The van der Waals surface area contributed by atoms with Gasteiger partial charge in [-0.2, -0.15) is 0 Å². The van der Waals surface area contributed by atoms with Gasteiger partial charge in [0.1, 0.15) is 0 Å². The van der Waals surface area contributed by atoms with E-state index in [1.807, 2.05) is 0 Å². The minimum Gasteiger partial charge on any atom is -0.478 e. The van der Waals surface area contributed by atoms with Gasteiger partial charge < -0.3 is 15.8 Å². The first kappa shape index (κ1) is 7.60. The smallest absolute Gasteiger partial charge is 0.335 e. The van der Waals surface area contributed by atoms with E-state index < -0.39 is 5.97 Å². The second-order valence-electron chi connectivity index (χ2n) is 2.66. The van der Waals surface area contributed by atoms with Crippen molar-refractivity contribution in [3.63, 3.8) is 0 Å². The molecule has 2 aromatic rings. The first-order valence-corrected chi connectivity index (χ1v) is 3.65. The van der Waals surface area contributed by atoms with E-state index in [-0.39, 0.29) is 11.5 Å². The minimum atomic E-state index is -0.969. The van der Waals surface area contributed by atoms with Gasteiger partial charge >= 0.3 is 5.97 Å². The summed E-state index contributed by atoms with van der Waals surface area (Å²) >= 11 is 0. The average Bonchev–Trinajstić information content (AvgIpc) is 2.42. The van der Waals surface area contributed by atoms with Crippen molar-refractivity contribution in [3.8, 4) is 0 Å². The van der Waals surface area contributed by atoms with E-state index in [1.165, 1.54) is 12.1 Å². The van der Waals surface area contributed by atoms with E-state index in [0.717, 1.165) is 5.52 Å². The van der Waals surface area contributed by atoms with Crippen LogP contribution in [0.2, 0.25) is 0 Å². The first-order chi connectivity index (χ1) is 6.16. The van der Waals surface area contributed by atoms with Crippen molar-refractivity contribution in [1.82, 2.24) is 9.97 Å². The molecule has 0 atom stereocenters. The molecule has 66 valence electrons. The zero-order chi connectivity index (χ0) is 9.42. The van der Waals surface area contributed by atoms with Crippen LogP contribution in [0.3, 0.4) is 0 Å². The van der Waals surface area contributed by atoms with Crippen LogP contribution in [0, 0.1) is 0 Å². The van der Waals surface area contributed by atoms with E-state index in [0.29, 0.717) is 5.52 Å². The number of nitrogens with two attached hydrogens (primary N) is 1. The lowest BCUT2D eigenvalue weighted by Gasteiger charge is -1.91. The fraction of sp³-hybridized carbons (Fsp3) is 0. The summed E-state index contributed by atoms with van der Waals surface area (Å²) < 4.78 is 0. The van der Waals surface area contributed by atoms with Crippen molar-refractivity contribution < 1.29 is 9.90 Å². The summed E-state index contributed by atoms with van der Waals surface area (Å²) in [5.74, 6) is -0.680. The van der Waals surface area contributed by atoms with E-state index in [9.17, 15) is 4.79 Å². The zero-order valence-electron chi connectivity index (χ0n) is 6.61. The lowest BCUT2D eigenvalue weighted by Crippen LogP contribution is -1.94. The molecule has 0 saturated heterocycles. The van der Waals surface area contributed by atoms with Crippen molar-refractivity contribution in [2.75, 3.05) is 5.73 Å².